The second-order valence-electron chi connectivity index (χ2n) is 4.62. The van der Waals surface area contributed by atoms with E-state index in [9.17, 15) is 17.6 Å². The topological polar surface area (TPSA) is 24.1 Å². The Morgan fingerprint density at radius 3 is 2.41 bits per heavy atom. The minimum atomic E-state index is -4.42. The van der Waals surface area contributed by atoms with Crippen LogP contribution in [0.25, 0.3) is 0 Å². The Hall–Kier alpha value is -2.15. The number of halogens is 4. The maximum atomic E-state index is 13.0. The number of hydrogen-bond acceptors (Lipinski definition) is 1. The molecule has 0 aromatic heterocycles. The van der Waals surface area contributed by atoms with Crippen molar-refractivity contribution in [3.8, 4) is 0 Å². The predicted molar refractivity (Wildman–Crippen MR) is 82.4 cm³/mol. The van der Waals surface area contributed by atoms with Gasteiger partial charge in [-0.25, -0.2) is 4.39 Å². The normalized spacial score (nSPS) is 11.1. The van der Waals surface area contributed by atoms with E-state index in [1.807, 2.05) is 0 Å². The maximum Gasteiger partial charge on any atom is 0.416 e. The van der Waals surface area contributed by atoms with Crippen molar-refractivity contribution in [3.63, 3.8) is 0 Å². The summed E-state index contributed by atoms with van der Waals surface area (Å²) in [5.41, 5.74) is 0.657. The summed E-state index contributed by atoms with van der Waals surface area (Å²) in [6.45, 7) is 1.69. The summed E-state index contributed by atoms with van der Waals surface area (Å²) in [6, 6.07) is 8.80. The number of nitrogens with one attached hydrogen (secondary N) is 2. The Bertz CT molecular complexity index is 698. The van der Waals surface area contributed by atoms with Crippen LogP contribution in [0.15, 0.2) is 42.5 Å². The van der Waals surface area contributed by atoms with Gasteiger partial charge < -0.3 is 10.6 Å². The van der Waals surface area contributed by atoms with Gasteiger partial charge in [-0.15, -0.1) is 0 Å². The van der Waals surface area contributed by atoms with Gasteiger partial charge in [0, 0.05) is 11.4 Å². The molecule has 2 aromatic rings. The van der Waals surface area contributed by atoms with E-state index in [-0.39, 0.29) is 16.6 Å². The van der Waals surface area contributed by atoms with Crippen LogP contribution in [0.5, 0.6) is 0 Å². The van der Waals surface area contributed by atoms with Crippen LogP contribution in [-0.2, 0) is 6.18 Å². The van der Waals surface area contributed by atoms with Crippen LogP contribution >= 0.6 is 12.2 Å². The first-order chi connectivity index (χ1) is 10.3. The number of anilines is 2. The lowest BCUT2D eigenvalue weighted by Gasteiger charge is -2.14. The van der Waals surface area contributed by atoms with Crippen molar-refractivity contribution in [2.45, 2.75) is 13.1 Å². The van der Waals surface area contributed by atoms with Gasteiger partial charge in [-0.3, -0.25) is 0 Å². The molecular weight excluding hydrogens is 316 g/mol. The third-order valence-corrected chi connectivity index (χ3v) is 3.09. The molecule has 2 aromatic carbocycles. The van der Waals surface area contributed by atoms with E-state index in [4.69, 9.17) is 12.2 Å². The molecule has 116 valence electrons. The van der Waals surface area contributed by atoms with Crippen molar-refractivity contribution in [3.05, 3.63) is 59.4 Å². The molecule has 2 N–H and O–H groups in total. The standard InChI is InChI=1S/C15H12F4N2S/c1-9-7-11(16)5-6-13(9)21-14(22)20-12-4-2-3-10(8-12)15(17,18)19/h2-8H,1H3,(H2,20,21,22). The Morgan fingerprint density at radius 1 is 1.05 bits per heavy atom. The van der Waals surface area contributed by atoms with Crippen molar-refractivity contribution in [2.75, 3.05) is 10.6 Å². The van der Waals surface area contributed by atoms with Gasteiger partial charge in [0.25, 0.3) is 0 Å². The fraction of sp³-hybridized carbons (Fsp3) is 0.133. The molecule has 0 amide bonds. The summed E-state index contributed by atoms with van der Waals surface area (Å²) in [5, 5.41) is 5.61. The molecule has 0 aliphatic heterocycles. The molecular formula is C15H12F4N2S. The Labute approximate surface area is 130 Å². The van der Waals surface area contributed by atoms with Gasteiger partial charge in [0.2, 0.25) is 0 Å². The highest BCUT2D eigenvalue weighted by Crippen LogP contribution is 2.30. The molecule has 0 unspecified atom stereocenters. The van der Waals surface area contributed by atoms with Gasteiger partial charge in [-0.05, 0) is 61.1 Å². The molecule has 0 radical (unpaired) electrons. The molecule has 0 atom stereocenters. The fourth-order valence-electron chi connectivity index (χ4n) is 1.83. The molecule has 22 heavy (non-hydrogen) atoms. The average Bonchev–Trinajstić information content (AvgIpc) is 2.41. The highest BCUT2D eigenvalue weighted by molar-refractivity contribution is 7.80. The number of hydrogen-bond donors (Lipinski definition) is 2. The second kappa shape index (κ2) is 6.31. The number of benzene rings is 2. The van der Waals surface area contributed by atoms with Gasteiger partial charge in [0.15, 0.2) is 5.11 Å². The number of rotatable bonds is 2. The summed E-state index contributed by atoms with van der Waals surface area (Å²) in [4.78, 5) is 0. The number of aryl methyl sites for hydroxylation is 1. The molecule has 0 saturated heterocycles. The first kappa shape index (κ1) is 16.2. The molecule has 0 bridgehead atoms. The third kappa shape index (κ3) is 4.17. The van der Waals surface area contributed by atoms with Crippen molar-refractivity contribution in [1.82, 2.24) is 0 Å². The Kier molecular flexibility index (Phi) is 4.65. The monoisotopic (exact) mass is 328 g/mol. The van der Waals surface area contributed by atoms with E-state index >= 15 is 0 Å². The molecule has 7 heteroatoms. The zero-order valence-corrected chi connectivity index (χ0v) is 12.3. The maximum absolute atomic E-state index is 13.0. The van der Waals surface area contributed by atoms with Gasteiger partial charge in [-0.1, -0.05) is 6.07 Å². The highest BCUT2D eigenvalue weighted by atomic mass is 32.1. The van der Waals surface area contributed by atoms with Gasteiger partial charge in [0.05, 0.1) is 5.56 Å². The first-order valence-corrected chi connectivity index (χ1v) is 6.68. The lowest BCUT2D eigenvalue weighted by atomic mass is 10.2. The number of thiocarbonyl (C=S) groups is 1. The summed E-state index contributed by atoms with van der Waals surface area (Å²) in [5.74, 6) is -0.375. The molecule has 2 rings (SSSR count). The molecule has 0 aliphatic rings. The summed E-state index contributed by atoms with van der Waals surface area (Å²) >= 11 is 5.05. The molecule has 0 saturated carbocycles. The summed E-state index contributed by atoms with van der Waals surface area (Å²) in [7, 11) is 0. The molecule has 0 heterocycles. The fourth-order valence-corrected chi connectivity index (χ4v) is 2.05. The number of alkyl halides is 3. The van der Waals surface area contributed by atoms with Gasteiger partial charge in [0.1, 0.15) is 5.82 Å². The van der Waals surface area contributed by atoms with Gasteiger partial charge in [-0.2, -0.15) is 13.2 Å². The summed E-state index contributed by atoms with van der Waals surface area (Å²) < 4.78 is 50.9. The summed E-state index contributed by atoms with van der Waals surface area (Å²) in [6.07, 6.45) is -4.42. The SMILES string of the molecule is Cc1cc(F)ccc1NC(=S)Nc1cccc(C(F)(F)F)c1. The van der Waals surface area contributed by atoms with Crippen LogP contribution in [0, 0.1) is 12.7 Å². The smallest absolute Gasteiger partial charge is 0.332 e. The highest BCUT2D eigenvalue weighted by Gasteiger charge is 2.30. The lowest BCUT2D eigenvalue weighted by Crippen LogP contribution is -2.20. The molecule has 2 nitrogen and oxygen atoms in total. The minimum Gasteiger partial charge on any atom is -0.332 e. The quantitative estimate of drug-likeness (QED) is 0.602. The van der Waals surface area contributed by atoms with Crippen molar-refractivity contribution in [2.24, 2.45) is 0 Å². The van der Waals surface area contributed by atoms with Crippen molar-refractivity contribution >= 4 is 28.7 Å². The van der Waals surface area contributed by atoms with Crippen molar-refractivity contribution < 1.29 is 17.6 Å². The van der Waals surface area contributed by atoms with Crippen LogP contribution in [0.3, 0.4) is 0 Å². The zero-order valence-electron chi connectivity index (χ0n) is 11.5. The second-order valence-corrected chi connectivity index (χ2v) is 5.03. The first-order valence-electron chi connectivity index (χ1n) is 6.27. The average molecular weight is 328 g/mol. The van der Waals surface area contributed by atoms with Crippen LogP contribution < -0.4 is 10.6 Å². The zero-order chi connectivity index (χ0) is 16.3. The third-order valence-electron chi connectivity index (χ3n) is 2.88. The van der Waals surface area contributed by atoms with E-state index in [1.54, 1.807) is 6.92 Å². The molecule has 0 aliphatic carbocycles. The van der Waals surface area contributed by atoms with Crippen molar-refractivity contribution in [1.29, 1.82) is 0 Å². The Morgan fingerprint density at radius 2 is 1.77 bits per heavy atom. The van der Waals surface area contributed by atoms with E-state index in [0.29, 0.717) is 11.3 Å². The molecule has 0 fully saturated rings. The lowest BCUT2D eigenvalue weighted by molar-refractivity contribution is -0.137. The van der Waals surface area contributed by atoms with Crippen LogP contribution in [0.1, 0.15) is 11.1 Å². The minimum absolute atomic E-state index is 0.119. The van der Waals surface area contributed by atoms with Crippen LogP contribution in [0.4, 0.5) is 28.9 Å². The largest absolute Gasteiger partial charge is 0.416 e. The van der Waals surface area contributed by atoms with Crippen LogP contribution in [-0.4, -0.2) is 5.11 Å². The van der Waals surface area contributed by atoms with Gasteiger partial charge >= 0.3 is 6.18 Å². The van der Waals surface area contributed by atoms with E-state index in [2.05, 4.69) is 10.6 Å². The Balaban J connectivity index is 2.09. The van der Waals surface area contributed by atoms with E-state index in [1.165, 1.54) is 30.3 Å². The van der Waals surface area contributed by atoms with Crippen LogP contribution in [0.2, 0.25) is 0 Å². The van der Waals surface area contributed by atoms with E-state index in [0.717, 1.165) is 12.1 Å². The predicted octanol–water partition coefficient (Wildman–Crippen LogP) is 4.96. The molecule has 0 spiro atoms. The van der Waals surface area contributed by atoms with E-state index < -0.39 is 11.7 Å².